The van der Waals surface area contributed by atoms with Crippen LogP contribution in [0.15, 0.2) is 69.9 Å². The first-order valence-corrected chi connectivity index (χ1v) is 14.6. The lowest BCUT2D eigenvalue weighted by Crippen LogP contribution is -2.27. The summed E-state index contributed by atoms with van der Waals surface area (Å²) >= 11 is 6.50. The van der Waals surface area contributed by atoms with Gasteiger partial charge in [0.2, 0.25) is 0 Å². The fraction of sp³-hybridized carbons (Fsp3) is 0.241. The molecule has 0 aliphatic heterocycles. The number of hydrogen-bond acceptors (Lipinski definition) is 7. The van der Waals surface area contributed by atoms with Gasteiger partial charge in [0, 0.05) is 57.7 Å². The lowest BCUT2D eigenvalue weighted by molar-refractivity contribution is 0.172. The largest absolute Gasteiger partial charge is 0.422 e. The summed E-state index contributed by atoms with van der Waals surface area (Å²) in [6, 6.07) is 16.9. The maximum Gasteiger partial charge on any atom is 0.414 e. The molecule has 222 valence electrons. The summed E-state index contributed by atoms with van der Waals surface area (Å²) in [6.07, 6.45) is -0.856. The second kappa shape index (κ2) is 12.9. The molecule has 0 radical (unpaired) electrons. The Balaban J connectivity index is 1.82. The minimum absolute atomic E-state index is 0.0120. The van der Waals surface area contributed by atoms with E-state index < -0.39 is 27.7 Å². The van der Waals surface area contributed by atoms with Crippen LogP contribution in [0.4, 0.5) is 14.9 Å². The molecule has 4 aromatic rings. The third-order valence-corrected chi connectivity index (χ3v) is 7.74. The molecule has 0 bridgehead atoms. The van der Waals surface area contributed by atoms with Gasteiger partial charge in [-0.25, -0.2) is 18.7 Å². The quantitative estimate of drug-likeness (QED) is 0.247. The van der Waals surface area contributed by atoms with Gasteiger partial charge in [0.1, 0.15) is 5.58 Å². The first-order chi connectivity index (χ1) is 19.9. The number of fused-ring (bicyclic) bond motifs is 1. The second-order valence-electron chi connectivity index (χ2n) is 9.81. The molecule has 1 amide bonds. The molecule has 4 rings (SSSR count). The number of carbonyl (C=O) groups is 1. The Bertz CT molecular complexity index is 1780. The summed E-state index contributed by atoms with van der Waals surface area (Å²) in [4.78, 5) is 28.8. The van der Waals surface area contributed by atoms with Crippen molar-refractivity contribution in [1.29, 1.82) is 0 Å². The molecule has 0 atom stereocenters. The number of anilines is 1. The molecule has 0 fully saturated rings. The summed E-state index contributed by atoms with van der Waals surface area (Å²) in [7, 11) is 2.12. The maximum absolute atomic E-state index is 15.5. The van der Waals surface area contributed by atoms with Crippen molar-refractivity contribution in [2.45, 2.75) is 19.5 Å². The predicted molar refractivity (Wildman–Crippen MR) is 160 cm³/mol. The van der Waals surface area contributed by atoms with Crippen LogP contribution in [0.1, 0.15) is 22.3 Å². The molecular weight excluding hydrogens is 587 g/mol. The standard InChI is InChI=1S/C29H30ClFN4O6S/c1-32-42(38,39)33-24-12-8-11-19(27(24)31)13-21-22(17-35(4)16-18-9-6-5-7-10-18)20-14-23(30)26(41-29(37)34(2)3)15-25(20)40-28(21)36/h5-12,14-15,32-33H,13,16-17H2,1-4H3. The molecule has 1 aromatic heterocycles. The van der Waals surface area contributed by atoms with E-state index in [1.807, 2.05) is 42.3 Å². The molecule has 13 heteroatoms. The summed E-state index contributed by atoms with van der Waals surface area (Å²) in [6.45, 7) is 0.803. The van der Waals surface area contributed by atoms with Gasteiger partial charge in [-0.3, -0.25) is 9.62 Å². The van der Waals surface area contributed by atoms with E-state index in [9.17, 15) is 18.0 Å². The third-order valence-electron chi connectivity index (χ3n) is 6.42. The van der Waals surface area contributed by atoms with Gasteiger partial charge in [-0.1, -0.05) is 54.1 Å². The number of carbonyl (C=O) groups excluding carboxylic acids is 1. The van der Waals surface area contributed by atoms with E-state index in [0.717, 1.165) is 5.56 Å². The second-order valence-corrected chi connectivity index (χ2v) is 11.8. The van der Waals surface area contributed by atoms with Gasteiger partial charge >= 0.3 is 11.7 Å². The molecule has 1 heterocycles. The van der Waals surface area contributed by atoms with Crippen LogP contribution in [0, 0.1) is 5.82 Å². The van der Waals surface area contributed by atoms with Crippen LogP contribution in [0.2, 0.25) is 5.02 Å². The van der Waals surface area contributed by atoms with Crippen molar-refractivity contribution in [3.63, 3.8) is 0 Å². The lowest BCUT2D eigenvalue weighted by atomic mass is 9.97. The highest BCUT2D eigenvalue weighted by Gasteiger charge is 2.22. The smallest absolute Gasteiger partial charge is 0.414 e. The zero-order valence-electron chi connectivity index (χ0n) is 23.4. The Morgan fingerprint density at radius 3 is 2.40 bits per heavy atom. The monoisotopic (exact) mass is 616 g/mol. The van der Waals surface area contributed by atoms with E-state index in [1.54, 1.807) is 6.07 Å². The number of benzene rings is 3. The van der Waals surface area contributed by atoms with Gasteiger partial charge in [0.15, 0.2) is 11.6 Å². The zero-order chi connectivity index (χ0) is 30.6. The highest BCUT2D eigenvalue weighted by molar-refractivity contribution is 7.90. The average molecular weight is 617 g/mol. The van der Waals surface area contributed by atoms with Gasteiger partial charge in [0.05, 0.1) is 10.7 Å². The topological polar surface area (TPSA) is 121 Å². The first kappa shape index (κ1) is 31.0. The third kappa shape index (κ3) is 7.26. The van der Waals surface area contributed by atoms with Crippen LogP contribution in [-0.2, 0) is 29.7 Å². The van der Waals surface area contributed by atoms with Gasteiger partial charge in [-0.05, 0) is 35.9 Å². The van der Waals surface area contributed by atoms with E-state index >= 15 is 4.39 Å². The number of hydrogen-bond donors (Lipinski definition) is 2. The molecule has 0 aliphatic rings. The van der Waals surface area contributed by atoms with Crippen molar-refractivity contribution in [1.82, 2.24) is 14.5 Å². The van der Waals surface area contributed by atoms with Crippen molar-refractivity contribution < 1.29 is 26.8 Å². The summed E-state index contributed by atoms with van der Waals surface area (Å²) in [5.74, 6) is -0.818. The number of rotatable bonds is 10. The summed E-state index contributed by atoms with van der Waals surface area (Å²) in [5, 5.41) is 0.589. The van der Waals surface area contributed by atoms with E-state index in [-0.39, 0.29) is 46.1 Å². The van der Waals surface area contributed by atoms with Crippen LogP contribution in [0.25, 0.3) is 11.0 Å². The molecule has 0 unspecified atom stereocenters. The van der Waals surface area contributed by atoms with E-state index in [1.165, 1.54) is 50.3 Å². The highest BCUT2D eigenvalue weighted by Crippen LogP contribution is 2.34. The zero-order valence-corrected chi connectivity index (χ0v) is 25.0. The Morgan fingerprint density at radius 1 is 1.02 bits per heavy atom. The number of ether oxygens (including phenoxy) is 1. The Labute approximate surface area is 247 Å². The first-order valence-electron chi connectivity index (χ1n) is 12.8. The van der Waals surface area contributed by atoms with Crippen LogP contribution < -0.4 is 19.8 Å². The SMILES string of the molecule is CNS(=O)(=O)Nc1cccc(Cc2c(CN(C)Cc3ccccc3)c3cc(Cl)c(OC(=O)N(C)C)cc3oc2=O)c1F. The molecule has 0 saturated carbocycles. The highest BCUT2D eigenvalue weighted by atomic mass is 35.5. The van der Waals surface area contributed by atoms with Crippen molar-refractivity contribution in [3.8, 4) is 5.75 Å². The van der Waals surface area contributed by atoms with Crippen molar-refractivity contribution >= 4 is 44.6 Å². The number of amides is 1. The summed E-state index contributed by atoms with van der Waals surface area (Å²) < 4.78 is 54.6. The Morgan fingerprint density at radius 2 is 1.74 bits per heavy atom. The van der Waals surface area contributed by atoms with Crippen LogP contribution >= 0.6 is 11.6 Å². The Hall–Kier alpha value is -3.97. The number of nitrogens with zero attached hydrogens (tertiary/aromatic N) is 2. The van der Waals surface area contributed by atoms with Gasteiger partial charge < -0.3 is 14.1 Å². The fourth-order valence-electron chi connectivity index (χ4n) is 4.33. The maximum atomic E-state index is 15.5. The predicted octanol–water partition coefficient (Wildman–Crippen LogP) is 4.74. The number of nitrogens with one attached hydrogen (secondary N) is 2. The molecule has 3 aromatic carbocycles. The molecule has 10 nitrogen and oxygen atoms in total. The van der Waals surface area contributed by atoms with Crippen molar-refractivity contribution in [3.05, 3.63) is 104 Å². The van der Waals surface area contributed by atoms with Crippen LogP contribution in [0.3, 0.4) is 0 Å². The minimum Gasteiger partial charge on any atom is -0.422 e. The van der Waals surface area contributed by atoms with Crippen molar-refractivity contribution in [2.75, 3.05) is 32.9 Å². The normalized spacial score (nSPS) is 11.6. The molecule has 0 saturated heterocycles. The van der Waals surface area contributed by atoms with E-state index in [4.69, 9.17) is 20.8 Å². The summed E-state index contributed by atoms with van der Waals surface area (Å²) in [5.41, 5.74) is 0.960. The van der Waals surface area contributed by atoms with Crippen molar-refractivity contribution in [2.24, 2.45) is 0 Å². The molecule has 42 heavy (non-hydrogen) atoms. The molecule has 0 aliphatic carbocycles. The lowest BCUT2D eigenvalue weighted by Gasteiger charge is -2.21. The Kier molecular flexibility index (Phi) is 9.52. The average Bonchev–Trinajstić information content (AvgIpc) is 2.94. The van der Waals surface area contributed by atoms with Crippen LogP contribution in [0.5, 0.6) is 5.75 Å². The molecule has 0 spiro atoms. The van der Waals surface area contributed by atoms with E-state index in [0.29, 0.717) is 17.5 Å². The molecular formula is C29H30ClFN4O6S. The van der Waals surface area contributed by atoms with Gasteiger partial charge in [-0.15, -0.1) is 0 Å². The molecule has 2 N–H and O–H groups in total. The minimum atomic E-state index is -3.98. The van der Waals surface area contributed by atoms with Gasteiger partial charge in [0.25, 0.3) is 10.2 Å². The van der Waals surface area contributed by atoms with Gasteiger partial charge in [-0.2, -0.15) is 8.42 Å². The van der Waals surface area contributed by atoms with Crippen LogP contribution in [-0.4, -0.2) is 52.5 Å². The number of halogens is 2. The fourth-order valence-corrected chi connectivity index (χ4v) is 5.08. The van der Waals surface area contributed by atoms with E-state index in [2.05, 4.69) is 9.44 Å².